The molecule has 0 aliphatic heterocycles. The fourth-order valence-electron chi connectivity index (χ4n) is 2.51. The van der Waals surface area contributed by atoms with Gasteiger partial charge in [0.25, 0.3) is 0 Å². The van der Waals surface area contributed by atoms with Crippen molar-refractivity contribution in [2.24, 2.45) is 12.8 Å². The number of hydrogen-bond acceptors (Lipinski definition) is 2. The van der Waals surface area contributed by atoms with E-state index in [1.807, 2.05) is 14.0 Å². The van der Waals surface area contributed by atoms with Gasteiger partial charge in [-0.2, -0.15) is 5.10 Å². The van der Waals surface area contributed by atoms with Crippen LogP contribution in [0.4, 0.5) is 4.39 Å². The molecule has 1 heterocycles. The molecule has 3 nitrogen and oxygen atoms in total. The predicted molar refractivity (Wildman–Crippen MR) is 69.6 cm³/mol. The zero-order valence-electron chi connectivity index (χ0n) is 10.3. The molecule has 96 valence electrons. The maximum absolute atomic E-state index is 14.7. The van der Waals surface area contributed by atoms with Gasteiger partial charge in [-0.15, -0.1) is 0 Å². The van der Waals surface area contributed by atoms with Crippen LogP contribution in [0.15, 0.2) is 4.47 Å². The topological polar surface area (TPSA) is 43.8 Å². The van der Waals surface area contributed by atoms with Crippen LogP contribution in [-0.4, -0.2) is 21.5 Å². The first-order valence-corrected chi connectivity index (χ1v) is 6.83. The van der Waals surface area contributed by atoms with E-state index in [9.17, 15) is 4.39 Å². The number of hydrogen-bond donors (Lipinski definition) is 1. The molecule has 1 saturated carbocycles. The van der Waals surface area contributed by atoms with Gasteiger partial charge in [-0.3, -0.25) is 4.68 Å². The minimum atomic E-state index is -1.11. The van der Waals surface area contributed by atoms with E-state index in [4.69, 9.17) is 5.73 Å². The summed E-state index contributed by atoms with van der Waals surface area (Å²) in [6, 6.07) is 0.176. The van der Waals surface area contributed by atoms with Crippen LogP contribution in [0, 0.1) is 6.92 Å². The predicted octanol–water partition coefficient (Wildman–Crippen LogP) is 2.64. The Morgan fingerprint density at radius 3 is 2.59 bits per heavy atom. The number of alkyl halides is 1. The van der Waals surface area contributed by atoms with E-state index in [-0.39, 0.29) is 6.04 Å². The SMILES string of the molecule is Cc1nn(C)c(CC2(F)CCC(N)CC2)c1Br. The summed E-state index contributed by atoms with van der Waals surface area (Å²) in [5, 5.41) is 4.30. The quantitative estimate of drug-likeness (QED) is 0.913. The van der Waals surface area contributed by atoms with Gasteiger partial charge in [0.05, 0.1) is 15.9 Å². The highest BCUT2D eigenvalue weighted by Gasteiger charge is 2.36. The zero-order chi connectivity index (χ0) is 12.6. The molecule has 0 spiro atoms. The van der Waals surface area contributed by atoms with Crippen molar-refractivity contribution in [2.75, 3.05) is 0 Å². The Balaban J connectivity index is 2.15. The van der Waals surface area contributed by atoms with Gasteiger partial charge in [0, 0.05) is 19.5 Å². The van der Waals surface area contributed by atoms with Crippen molar-refractivity contribution in [3.63, 3.8) is 0 Å². The Bertz CT molecular complexity index is 408. The van der Waals surface area contributed by atoms with E-state index < -0.39 is 5.67 Å². The molecule has 0 aromatic carbocycles. The summed E-state index contributed by atoms with van der Waals surface area (Å²) in [5.41, 5.74) is 6.57. The van der Waals surface area contributed by atoms with Gasteiger partial charge in [0.15, 0.2) is 0 Å². The molecule has 2 N–H and O–H groups in total. The highest BCUT2D eigenvalue weighted by atomic mass is 79.9. The molecule has 1 aromatic rings. The van der Waals surface area contributed by atoms with Crippen LogP contribution in [0.1, 0.15) is 37.1 Å². The Kier molecular flexibility index (Phi) is 3.59. The fourth-order valence-corrected chi connectivity index (χ4v) is 2.98. The van der Waals surface area contributed by atoms with Crippen LogP contribution in [-0.2, 0) is 13.5 Å². The molecule has 0 unspecified atom stereocenters. The smallest absolute Gasteiger partial charge is 0.116 e. The summed E-state index contributed by atoms with van der Waals surface area (Å²) in [6.45, 7) is 1.93. The lowest BCUT2D eigenvalue weighted by Gasteiger charge is -2.32. The molecule has 1 aromatic heterocycles. The first-order chi connectivity index (χ1) is 7.91. The van der Waals surface area contributed by atoms with Crippen molar-refractivity contribution in [1.29, 1.82) is 0 Å². The standard InChI is InChI=1S/C12H19BrFN3/c1-8-11(13)10(17(2)16-8)7-12(14)5-3-9(15)4-6-12/h9H,3-7,15H2,1-2H3. The first-order valence-electron chi connectivity index (χ1n) is 6.04. The van der Waals surface area contributed by atoms with Crippen LogP contribution in [0.3, 0.4) is 0 Å². The van der Waals surface area contributed by atoms with Gasteiger partial charge >= 0.3 is 0 Å². The van der Waals surface area contributed by atoms with Crippen LogP contribution in [0.5, 0.6) is 0 Å². The molecule has 2 rings (SSSR count). The average Bonchev–Trinajstić information content (AvgIpc) is 2.50. The third-order valence-electron chi connectivity index (χ3n) is 3.67. The van der Waals surface area contributed by atoms with Crippen molar-refractivity contribution >= 4 is 15.9 Å². The lowest BCUT2D eigenvalue weighted by Crippen LogP contribution is -2.37. The van der Waals surface area contributed by atoms with Crippen LogP contribution < -0.4 is 5.73 Å². The summed E-state index contributed by atoms with van der Waals surface area (Å²) in [4.78, 5) is 0. The van der Waals surface area contributed by atoms with Gasteiger partial charge < -0.3 is 5.73 Å². The Labute approximate surface area is 110 Å². The van der Waals surface area contributed by atoms with Gasteiger partial charge in [0.1, 0.15) is 5.67 Å². The largest absolute Gasteiger partial charge is 0.328 e. The molecule has 17 heavy (non-hydrogen) atoms. The highest BCUT2D eigenvalue weighted by molar-refractivity contribution is 9.10. The molecule has 0 amide bonds. The Morgan fingerprint density at radius 2 is 2.12 bits per heavy atom. The third-order valence-corrected chi connectivity index (χ3v) is 4.70. The van der Waals surface area contributed by atoms with Gasteiger partial charge in [-0.1, -0.05) is 0 Å². The monoisotopic (exact) mass is 303 g/mol. The molecule has 1 aliphatic carbocycles. The summed E-state index contributed by atoms with van der Waals surface area (Å²) in [5.74, 6) is 0. The Morgan fingerprint density at radius 1 is 1.53 bits per heavy atom. The minimum Gasteiger partial charge on any atom is -0.328 e. The van der Waals surface area contributed by atoms with E-state index in [1.54, 1.807) is 4.68 Å². The normalized spacial score (nSPS) is 29.6. The van der Waals surface area contributed by atoms with Crippen molar-refractivity contribution in [3.8, 4) is 0 Å². The lowest BCUT2D eigenvalue weighted by atomic mass is 9.81. The van der Waals surface area contributed by atoms with Crippen LogP contribution >= 0.6 is 15.9 Å². The number of nitrogens with two attached hydrogens (primary N) is 1. The zero-order valence-corrected chi connectivity index (χ0v) is 11.9. The maximum Gasteiger partial charge on any atom is 0.116 e. The second kappa shape index (κ2) is 4.69. The van der Waals surface area contributed by atoms with E-state index >= 15 is 0 Å². The number of aromatic nitrogens is 2. The summed E-state index contributed by atoms with van der Waals surface area (Å²) < 4.78 is 17.4. The number of nitrogens with zero attached hydrogens (tertiary/aromatic N) is 2. The molecule has 0 bridgehead atoms. The van der Waals surface area contributed by atoms with E-state index in [1.165, 1.54) is 0 Å². The van der Waals surface area contributed by atoms with Crippen molar-refractivity contribution in [3.05, 3.63) is 15.9 Å². The van der Waals surface area contributed by atoms with Crippen molar-refractivity contribution in [2.45, 2.75) is 50.7 Å². The van der Waals surface area contributed by atoms with Gasteiger partial charge in [-0.05, 0) is 48.5 Å². The third kappa shape index (κ3) is 2.71. The van der Waals surface area contributed by atoms with E-state index in [0.29, 0.717) is 19.3 Å². The van der Waals surface area contributed by atoms with Crippen molar-refractivity contribution in [1.82, 2.24) is 9.78 Å². The molecular formula is C12H19BrFN3. The molecule has 5 heteroatoms. The Hall–Kier alpha value is -0.420. The van der Waals surface area contributed by atoms with Gasteiger partial charge in [-0.25, -0.2) is 4.39 Å². The molecule has 0 atom stereocenters. The molecular weight excluding hydrogens is 285 g/mol. The lowest BCUT2D eigenvalue weighted by molar-refractivity contribution is 0.0970. The molecule has 1 aliphatic rings. The summed E-state index contributed by atoms with van der Waals surface area (Å²) in [7, 11) is 1.87. The second-order valence-corrected chi connectivity index (χ2v) is 5.93. The van der Waals surface area contributed by atoms with E-state index in [0.717, 1.165) is 28.7 Å². The summed E-state index contributed by atoms with van der Waals surface area (Å²) >= 11 is 3.49. The average molecular weight is 304 g/mol. The molecule has 0 radical (unpaired) electrons. The number of halogens is 2. The summed E-state index contributed by atoms with van der Waals surface area (Å²) in [6.07, 6.45) is 3.11. The second-order valence-electron chi connectivity index (χ2n) is 5.13. The van der Waals surface area contributed by atoms with Crippen LogP contribution in [0.2, 0.25) is 0 Å². The van der Waals surface area contributed by atoms with Crippen molar-refractivity contribution < 1.29 is 4.39 Å². The number of aryl methyl sites for hydroxylation is 2. The first kappa shape index (κ1) is 13.0. The fraction of sp³-hybridized carbons (Fsp3) is 0.750. The minimum absolute atomic E-state index is 0.176. The van der Waals surface area contributed by atoms with E-state index in [2.05, 4.69) is 21.0 Å². The number of rotatable bonds is 2. The van der Waals surface area contributed by atoms with Gasteiger partial charge in [0.2, 0.25) is 0 Å². The van der Waals surface area contributed by atoms with Crippen LogP contribution in [0.25, 0.3) is 0 Å². The highest BCUT2D eigenvalue weighted by Crippen LogP contribution is 2.36. The molecule has 0 saturated heterocycles. The molecule has 1 fully saturated rings. The maximum atomic E-state index is 14.7.